The summed E-state index contributed by atoms with van der Waals surface area (Å²) >= 11 is 0. The lowest BCUT2D eigenvalue weighted by molar-refractivity contribution is -0.122. The number of hydrogen-bond donors (Lipinski definition) is 2. The van der Waals surface area contributed by atoms with Gasteiger partial charge in [0.1, 0.15) is 0 Å². The molecule has 0 saturated heterocycles. The van der Waals surface area contributed by atoms with Gasteiger partial charge in [-0.3, -0.25) is 9.78 Å². The van der Waals surface area contributed by atoms with Crippen molar-refractivity contribution in [3.05, 3.63) is 66.3 Å². The molecule has 1 atom stereocenters. The topological polar surface area (TPSA) is 101 Å². The van der Waals surface area contributed by atoms with Crippen LogP contribution in [0.15, 0.2) is 59.4 Å². The highest BCUT2D eigenvalue weighted by Crippen LogP contribution is 2.14. The summed E-state index contributed by atoms with van der Waals surface area (Å²) in [5.74, 6) is 0.882. The molecule has 2 aromatic heterocycles. The van der Waals surface area contributed by atoms with Crippen LogP contribution in [0.4, 0.5) is 0 Å². The van der Waals surface area contributed by atoms with Crippen molar-refractivity contribution in [1.82, 2.24) is 20.4 Å². The summed E-state index contributed by atoms with van der Waals surface area (Å²) in [6.45, 7) is -0.0984. The minimum absolute atomic E-state index is 0.0984. The van der Waals surface area contributed by atoms with Gasteiger partial charge in [0.25, 0.3) is 0 Å². The fourth-order valence-corrected chi connectivity index (χ4v) is 2.73. The Kier molecular flexibility index (Phi) is 6.65. The lowest BCUT2D eigenvalue weighted by Crippen LogP contribution is -2.39. The predicted octanol–water partition coefficient (Wildman–Crippen LogP) is 2.17. The van der Waals surface area contributed by atoms with Gasteiger partial charge in [0.2, 0.25) is 17.6 Å². The molecule has 2 heterocycles. The molecule has 2 N–H and O–H groups in total. The van der Waals surface area contributed by atoms with Crippen LogP contribution in [-0.4, -0.2) is 38.8 Å². The molecule has 27 heavy (non-hydrogen) atoms. The first-order chi connectivity index (χ1) is 13.2. The summed E-state index contributed by atoms with van der Waals surface area (Å²) in [4.78, 5) is 20.5. The standard InChI is InChI=1S/C20H22N4O3/c25-14-17(12-15-6-2-1-3-7-15)22-18(26)9-4-10-19-23-20(24-27-19)16-8-5-11-21-13-16/h1-3,5-8,11,13,17,25H,4,9-10,12,14H2,(H,22,26). The molecular weight excluding hydrogens is 344 g/mol. The first-order valence-electron chi connectivity index (χ1n) is 8.91. The van der Waals surface area contributed by atoms with Crippen molar-refractivity contribution < 1.29 is 14.4 Å². The van der Waals surface area contributed by atoms with E-state index in [1.54, 1.807) is 12.4 Å². The molecule has 1 aromatic carbocycles. The molecule has 0 aliphatic rings. The van der Waals surface area contributed by atoms with Gasteiger partial charge in [0.15, 0.2) is 0 Å². The highest BCUT2D eigenvalue weighted by molar-refractivity contribution is 5.76. The first kappa shape index (κ1) is 18.7. The van der Waals surface area contributed by atoms with E-state index in [9.17, 15) is 9.90 Å². The van der Waals surface area contributed by atoms with Gasteiger partial charge in [0, 0.05) is 30.8 Å². The second kappa shape index (κ2) is 9.59. The highest BCUT2D eigenvalue weighted by atomic mass is 16.5. The normalized spacial score (nSPS) is 11.9. The summed E-state index contributed by atoms with van der Waals surface area (Å²) in [6, 6.07) is 13.1. The second-order valence-electron chi connectivity index (χ2n) is 6.24. The van der Waals surface area contributed by atoms with Crippen molar-refractivity contribution >= 4 is 5.91 Å². The molecule has 7 nitrogen and oxygen atoms in total. The third-order valence-corrected chi connectivity index (χ3v) is 4.09. The number of aryl methyl sites for hydroxylation is 1. The van der Waals surface area contributed by atoms with Gasteiger partial charge in [0.05, 0.1) is 12.6 Å². The van der Waals surface area contributed by atoms with Crippen LogP contribution in [0, 0.1) is 0 Å². The molecule has 1 unspecified atom stereocenters. The van der Waals surface area contributed by atoms with Gasteiger partial charge in [-0.2, -0.15) is 4.98 Å². The Morgan fingerprint density at radius 1 is 1.19 bits per heavy atom. The van der Waals surface area contributed by atoms with Crippen LogP contribution < -0.4 is 5.32 Å². The van der Waals surface area contributed by atoms with E-state index in [2.05, 4.69) is 20.4 Å². The molecule has 0 spiro atoms. The van der Waals surface area contributed by atoms with Crippen LogP contribution in [0.1, 0.15) is 24.3 Å². The number of rotatable bonds is 9. The van der Waals surface area contributed by atoms with Crippen LogP contribution in [0.5, 0.6) is 0 Å². The number of nitrogens with zero attached hydrogens (tertiary/aromatic N) is 3. The summed E-state index contributed by atoms with van der Waals surface area (Å²) < 4.78 is 5.22. The maximum absolute atomic E-state index is 12.1. The average Bonchev–Trinajstić information content (AvgIpc) is 3.18. The Morgan fingerprint density at radius 2 is 2.04 bits per heavy atom. The number of nitrogens with one attached hydrogen (secondary N) is 1. The molecule has 3 aromatic rings. The minimum atomic E-state index is -0.291. The number of hydrogen-bond acceptors (Lipinski definition) is 6. The van der Waals surface area contributed by atoms with Crippen molar-refractivity contribution in [2.45, 2.75) is 31.7 Å². The number of amides is 1. The summed E-state index contributed by atoms with van der Waals surface area (Å²) in [7, 11) is 0. The van der Waals surface area contributed by atoms with Gasteiger partial charge >= 0.3 is 0 Å². The fourth-order valence-electron chi connectivity index (χ4n) is 2.73. The number of carbonyl (C=O) groups is 1. The Balaban J connectivity index is 1.43. The number of aliphatic hydroxyl groups excluding tert-OH is 1. The number of aromatic nitrogens is 3. The van der Waals surface area contributed by atoms with Crippen LogP contribution in [0.25, 0.3) is 11.4 Å². The van der Waals surface area contributed by atoms with Crippen LogP contribution in [0.2, 0.25) is 0 Å². The van der Waals surface area contributed by atoms with Gasteiger partial charge in [-0.15, -0.1) is 0 Å². The number of benzene rings is 1. The Hall–Kier alpha value is -3.06. The Bertz CT molecular complexity index is 837. The molecule has 0 saturated carbocycles. The summed E-state index contributed by atoms with van der Waals surface area (Å²) in [5.41, 5.74) is 1.86. The molecule has 0 fully saturated rings. The zero-order valence-electron chi connectivity index (χ0n) is 14.9. The van der Waals surface area contributed by atoms with E-state index < -0.39 is 0 Å². The van der Waals surface area contributed by atoms with Crippen molar-refractivity contribution in [2.75, 3.05) is 6.61 Å². The van der Waals surface area contributed by atoms with E-state index in [0.717, 1.165) is 11.1 Å². The van der Waals surface area contributed by atoms with Crippen molar-refractivity contribution in [3.63, 3.8) is 0 Å². The monoisotopic (exact) mass is 366 g/mol. The number of pyridine rings is 1. The zero-order valence-corrected chi connectivity index (χ0v) is 14.9. The van der Waals surface area contributed by atoms with Crippen molar-refractivity contribution in [3.8, 4) is 11.4 Å². The maximum Gasteiger partial charge on any atom is 0.226 e. The molecule has 0 aliphatic heterocycles. The minimum Gasteiger partial charge on any atom is -0.394 e. The van der Waals surface area contributed by atoms with Gasteiger partial charge in [-0.25, -0.2) is 0 Å². The van der Waals surface area contributed by atoms with Crippen LogP contribution in [0.3, 0.4) is 0 Å². The van der Waals surface area contributed by atoms with Crippen molar-refractivity contribution in [2.24, 2.45) is 0 Å². The predicted molar refractivity (Wildman–Crippen MR) is 99.6 cm³/mol. The maximum atomic E-state index is 12.1. The highest BCUT2D eigenvalue weighted by Gasteiger charge is 2.13. The smallest absolute Gasteiger partial charge is 0.226 e. The lowest BCUT2D eigenvalue weighted by Gasteiger charge is -2.16. The molecule has 140 valence electrons. The third kappa shape index (κ3) is 5.72. The van der Waals surface area contributed by atoms with Gasteiger partial charge in [-0.05, 0) is 30.5 Å². The van der Waals surface area contributed by atoms with Gasteiger partial charge in [-0.1, -0.05) is 35.5 Å². The lowest BCUT2D eigenvalue weighted by atomic mass is 10.1. The van der Waals surface area contributed by atoms with E-state index in [1.165, 1.54) is 0 Å². The Labute approximate surface area is 157 Å². The molecule has 1 amide bonds. The zero-order chi connectivity index (χ0) is 18.9. The summed E-state index contributed by atoms with van der Waals surface area (Å²) in [5, 5.41) is 16.3. The van der Waals surface area contributed by atoms with E-state index in [-0.39, 0.29) is 18.6 Å². The molecule has 0 radical (unpaired) electrons. The average molecular weight is 366 g/mol. The molecule has 7 heteroatoms. The van der Waals surface area contributed by atoms with Gasteiger partial charge < -0.3 is 14.9 Å². The SMILES string of the molecule is O=C(CCCc1nc(-c2cccnc2)no1)NC(CO)Cc1ccccc1. The van der Waals surface area contributed by atoms with E-state index in [0.29, 0.717) is 37.4 Å². The first-order valence-corrected chi connectivity index (χ1v) is 8.91. The fraction of sp³-hybridized carbons (Fsp3) is 0.300. The molecule has 0 bridgehead atoms. The van der Waals surface area contributed by atoms with Crippen LogP contribution >= 0.6 is 0 Å². The number of carbonyl (C=O) groups excluding carboxylic acids is 1. The molecular formula is C20H22N4O3. The van der Waals surface area contributed by atoms with E-state index in [1.807, 2.05) is 42.5 Å². The summed E-state index contributed by atoms with van der Waals surface area (Å²) in [6.07, 6.45) is 5.38. The quantitative estimate of drug-likeness (QED) is 0.602. The van der Waals surface area contributed by atoms with Crippen LogP contribution in [-0.2, 0) is 17.6 Å². The molecule has 0 aliphatic carbocycles. The Morgan fingerprint density at radius 3 is 2.78 bits per heavy atom. The van der Waals surface area contributed by atoms with E-state index in [4.69, 9.17) is 4.52 Å². The second-order valence-corrected chi connectivity index (χ2v) is 6.24. The van der Waals surface area contributed by atoms with Crippen molar-refractivity contribution in [1.29, 1.82) is 0 Å². The van der Waals surface area contributed by atoms with E-state index >= 15 is 0 Å². The number of aliphatic hydroxyl groups is 1. The largest absolute Gasteiger partial charge is 0.394 e. The molecule has 3 rings (SSSR count). The third-order valence-electron chi connectivity index (χ3n) is 4.09.